The fourth-order valence-corrected chi connectivity index (χ4v) is 2.77. The molecular weight excluding hydrogens is 190 g/mol. The fraction of sp³-hybridized carbons (Fsp3) is 0.750. The van der Waals surface area contributed by atoms with Crippen LogP contribution in [0.3, 0.4) is 0 Å². The van der Waals surface area contributed by atoms with Gasteiger partial charge in [-0.15, -0.1) is 11.6 Å². The van der Waals surface area contributed by atoms with Crippen molar-refractivity contribution in [3.8, 4) is 0 Å². The van der Waals surface area contributed by atoms with Crippen LogP contribution in [0.1, 0.15) is 19.3 Å². The van der Waals surface area contributed by atoms with Gasteiger partial charge in [0, 0.05) is 17.0 Å². The Morgan fingerprint density at radius 3 is 2.85 bits per heavy atom. The van der Waals surface area contributed by atoms with Crippen molar-refractivity contribution in [2.75, 3.05) is 0 Å². The van der Waals surface area contributed by atoms with Crippen molar-refractivity contribution in [2.24, 2.45) is 22.7 Å². The molecule has 0 spiro atoms. The van der Waals surface area contributed by atoms with E-state index in [4.69, 9.17) is 17.3 Å². The largest absolute Gasteiger partial charge is 0.350 e. The van der Waals surface area contributed by atoms with Crippen molar-refractivity contribution >= 4 is 23.3 Å². The maximum Gasteiger partial charge on any atom is 0.332 e. The molecule has 0 aromatic carbocycles. The number of urea groups is 1. The van der Waals surface area contributed by atoms with Crippen molar-refractivity contribution in [1.29, 1.82) is 0 Å². The Hall–Kier alpha value is -0.770. The standard InChI is InChI=1S/C8H12ClN3O/c9-7-4-1-2-5(7)6(3-4)11-12-8(10)13/h4-5,7H,1-3H2,(H3,10,12,13)/b11-6-. The number of nitrogens with one attached hydrogen (secondary N) is 1. The number of hydrazone groups is 1. The van der Waals surface area contributed by atoms with E-state index in [-0.39, 0.29) is 5.38 Å². The summed E-state index contributed by atoms with van der Waals surface area (Å²) >= 11 is 6.16. The van der Waals surface area contributed by atoms with Crippen LogP contribution in [0.25, 0.3) is 0 Å². The number of nitrogens with zero attached hydrogens (tertiary/aromatic N) is 1. The summed E-state index contributed by atoms with van der Waals surface area (Å²) in [6.45, 7) is 0. The van der Waals surface area contributed by atoms with Crippen LogP contribution in [0.15, 0.2) is 5.10 Å². The smallest absolute Gasteiger partial charge is 0.332 e. The molecule has 3 unspecified atom stereocenters. The second-order valence-corrected chi connectivity index (χ2v) is 4.18. The molecule has 2 amide bonds. The third-order valence-electron chi connectivity index (χ3n) is 2.89. The zero-order valence-electron chi connectivity index (χ0n) is 7.16. The first kappa shape index (κ1) is 8.81. The molecule has 2 fully saturated rings. The molecule has 72 valence electrons. The molecular formula is C8H12ClN3O. The summed E-state index contributed by atoms with van der Waals surface area (Å²) in [6.07, 6.45) is 3.20. The lowest BCUT2D eigenvalue weighted by molar-refractivity contribution is 0.249. The van der Waals surface area contributed by atoms with Crippen LogP contribution in [0.4, 0.5) is 4.79 Å². The molecule has 13 heavy (non-hydrogen) atoms. The highest BCUT2D eigenvalue weighted by Crippen LogP contribution is 2.45. The highest BCUT2D eigenvalue weighted by Gasteiger charge is 2.45. The highest BCUT2D eigenvalue weighted by molar-refractivity contribution is 6.24. The predicted octanol–water partition coefficient (Wildman–Crippen LogP) is 1.05. The lowest BCUT2D eigenvalue weighted by Gasteiger charge is -2.10. The van der Waals surface area contributed by atoms with Gasteiger partial charge in [0.1, 0.15) is 0 Å². The van der Waals surface area contributed by atoms with Crippen molar-refractivity contribution in [3.05, 3.63) is 0 Å². The molecule has 0 saturated heterocycles. The van der Waals surface area contributed by atoms with Gasteiger partial charge in [0.2, 0.25) is 0 Å². The van der Waals surface area contributed by atoms with Crippen LogP contribution >= 0.6 is 11.6 Å². The Morgan fingerprint density at radius 2 is 2.38 bits per heavy atom. The van der Waals surface area contributed by atoms with Crippen molar-refractivity contribution in [1.82, 2.24) is 5.43 Å². The van der Waals surface area contributed by atoms with Gasteiger partial charge in [-0.1, -0.05) is 0 Å². The minimum atomic E-state index is -0.610. The third kappa shape index (κ3) is 1.50. The molecule has 0 aliphatic heterocycles. The van der Waals surface area contributed by atoms with Gasteiger partial charge in [0.15, 0.2) is 0 Å². The topological polar surface area (TPSA) is 67.5 Å². The van der Waals surface area contributed by atoms with E-state index in [9.17, 15) is 4.79 Å². The van der Waals surface area contributed by atoms with Crippen LogP contribution in [-0.2, 0) is 0 Å². The molecule has 3 atom stereocenters. The van der Waals surface area contributed by atoms with Gasteiger partial charge in [-0.25, -0.2) is 10.2 Å². The number of fused-ring (bicyclic) bond motifs is 2. The zero-order valence-corrected chi connectivity index (χ0v) is 7.92. The van der Waals surface area contributed by atoms with E-state index in [1.54, 1.807) is 0 Å². The minimum absolute atomic E-state index is 0.216. The Kier molecular flexibility index (Phi) is 2.15. The maximum absolute atomic E-state index is 10.4. The number of alkyl halides is 1. The molecule has 2 bridgehead atoms. The molecule has 0 aromatic rings. The summed E-state index contributed by atoms with van der Waals surface area (Å²) in [5.74, 6) is 0.915. The van der Waals surface area contributed by atoms with Gasteiger partial charge >= 0.3 is 6.03 Å². The van der Waals surface area contributed by atoms with Crippen molar-refractivity contribution in [3.63, 3.8) is 0 Å². The monoisotopic (exact) mass is 201 g/mol. The van der Waals surface area contributed by atoms with E-state index in [0.29, 0.717) is 11.8 Å². The van der Waals surface area contributed by atoms with E-state index in [1.807, 2.05) is 0 Å². The van der Waals surface area contributed by atoms with Gasteiger partial charge in [-0.05, 0) is 25.2 Å². The van der Waals surface area contributed by atoms with Crippen molar-refractivity contribution < 1.29 is 4.79 Å². The van der Waals surface area contributed by atoms with Crippen LogP contribution in [-0.4, -0.2) is 17.1 Å². The first-order valence-corrected chi connectivity index (χ1v) is 4.88. The van der Waals surface area contributed by atoms with Gasteiger partial charge in [0.05, 0.1) is 0 Å². The van der Waals surface area contributed by atoms with Gasteiger partial charge in [-0.3, -0.25) is 0 Å². The van der Waals surface area contributed by atoms with E-state index < -0.39 is 6.03 Å². The average Bonchev–Trinajstić information content (AvgIpc) is 2.58. The molecule has 2 saturated carbocycles. The first-order valence-electron chi connectivity index (χ1n) is 4.44. The second kappa shape index (κ2) is 3.18. The summed E-state index contributed by atoms with van der Waals surface area (Å²) in [5, 5.41) is 4.18. The second-order valence-electron chi connectivity index (χ2n) is 3.67. The van der Waals surface area contributed by atoms with E-state index in [2.05, 4.69) is 10.5 Å². The lowest BCUT2D eigenvalue weighted by atomic mass is 9.99. The molecule has 0 aromatic heterocycles. The number of rotatable bonds is 1. The number of halogens is 1. The molecule has 2 aliphatic carbocycles. The van der Waals surface area contributed by atoms with Crippen LogP contribution in [0, 0.1) is 11.8 Å². The molecule has 2 rings (SSSR count). The molecule has 2 aliphatic rings. The first-order chi connectivity index (χ1) is 6.18. The zero-order chi connectivity index (χ0) is 9.42. The quantitative estimate of drug-likeness (QED) is 0.483. The number of nitrogens with two attached hydrogens (primary N) is 1. The van der Waals surface area contributed by atoms with Gasteiger partial charge in [0.25, 0.3) is 0 Å². The predicted molar refractivity (Wildman–Crippen MR) is 50.6 cm³/mol. The number of hydrogen-bond acceptors (Lipinski definition) is 2. The van der Waals surface area contributed by atoms with E-state index >= 15 is 0 Å². The Balaban J connectivity index is 2.04. The number of carbonyl (C=O) groups excluding carboxylic acids is 1. The summed E-state index contributed by atoms with van der Waals surface area (Å²) < 4.78 is 0. The highest BCUT2D eigenvalue weighted by atomic mass is 35.5. The number of amides is 2. The SMILES string of the molecule is NC(=O)N/N=C1/CC2CCC1C2Cl. The molecule has 4 nitrogen and oxygen atoms in total. The normalized spacial score (nSPS) is 39.8. The van der Waals surface area contributed by atoms with Gasteiger partial charge < -0.3 is 5.73 Å². The van der Waals surface area contributed by atoms with Crippen LogP contribution in [0.5, 0.6) is 0 Å². The summed E-state index contributed by atoms with van der Waals surface area (Å²) in [4.78, 5) is 10.4. The van der Waals surface area contributed by atoms with Crippen molar-refractivity contribution in [2.45, 2.75) is 24.6 Å². The third-order valence-corrected chi connectivity index (χ3v) is 3.55. The van der Waals surface area contributed by atoms with Crippen LogP contribution in [0.2, 0.25) is 0 Å². The van der Waals surface area contributed by atoms with E-state index in [1.165, 1.54) is 6.42 Å². The average molecular weight is 202 g/mol. The summed E-state index contributed by atoms with van der Waals surface area (Å²) in [7, 11) is 0. The Labute approximate surface area is 81.5 Å². The molecule has 0 radical (unpaired) electrons. The number of primary amides is 1. The summed E-state index contributed by atoms with van der Waals surface area (Å²) in [6, 6.07) is -0.610. The van der Waals surface area contributed by atoms with Gasteiger partial charge in [-0.2, -0.15) is 5.10 Å². The molecule has 5 heteroatoms. The molecule has 3 N–H and O–H groups in total. The maximum atomic E-state index is 10.4. The summed E-state index contributed by atoms with van der Waals surface area (Å²) in [5.41, 5.74) is 8.18. The molecule has 0 heterocycles. The lowest BCUT2D eigenvalue weighted by Crippen LogP contribution is -2.27. The number of carbonyl (C=O) groups is 1. The minimum Gasteiger partial charge on any atom is -0.350 e. The Bertz CT molecular complexity index is 266. The fourth-order valence-electron chi connectivity index (χ4n) is 2.28. The number of hydrogen-bond donors (Lipinski definition) is 2. The van der Waals surface area contributed by atoms with Crippen LogP contribution < -0.4 is 11.2 Å². The Morgan fingerprint density at radius 1 is 1.62 bits per heavy atom. The van der Waals surface area contributed by atoms with E-state index in [0.717, 1.165) is 18.6 Å².